The molecule has 5 heteroatoms. The Kier molecular flexibility index (Phi) is 4.55. The van der Waals surface area contributed by atoms with Crippen molar-refractivity contribution in [2.75, 3.05) is 11.9 Å². The highest BCUT2D eigenvalue weighted by molar-refractivity contribution is 7.17. The molecular weight excluding hydrogens is 212 g/mol. The summed E-state index contributed by atoms with van der Waals surface area (Å²) in [7, 11) is 0. The smallest absolute Gasteiger partial charge is 0.350 e. The molecule has 0 fully saturated rings. The van der Waals surface area contributed by atoms with Crippen molar-refractivity contribution < 1.29 is 9.53 Å². The van der Waals surface area contributed by atoms with E-state index in [1.54, 1.807) is 13.1 Å². The summed E-state index contributed by atoms with van der Waals surface area (Å²) in [6.45, 7) is 6.35. The van der Waals surface area contributed by atoms with Gasteiger partial charge in [0.2, 0.25) is 0 Å². The molecule has 0 saturated heterocycles. The topological polar surface area (TPSA) is 51.2 Å². The van der Waals surface area contributed by atoms with Crippen molar-refractivity contribution in [2.45, 2.75) is 33.2 Å². The molecule has 1 aromatic rings. The zero-order valence-electron chi connectivity index (χ0n) is 9.24. The molecule has 0 aromatic carbocycles. The number of nitrogens with zero attached hydrogens (tertiary/aromatic N) is 1. The Bertz CT molecular complexity index is 325. The molecule has 0 aliphatic heterocycles. The molecule has 84 valence electrons. The molecule has 1 rings (SSSR count). The summed E-state index contributed by atoms with van der Waals surface area (Å²) in [6.07, 6.45) is 2.57. The van der Waals surface area contributed by atoms with Crippen molar-refractivity contribution in [3.05, 3.63) is 11.1 Å². The lowest BCUT2D eigenvalue weighted by Gasteiger charge is -2.08. The Morgan fingerprint density at radius 2 is 2.40 bits per heavy atom. The zero-order chi connectivity index (χ0) is 11.3. The third-order valence-electron chi connectivity index (χ3n) is 1.96. The summed E-state index contributed by atoms with van der Waals surface area (Å²) in [6, 6.07) is 0.367. The van der Waals surface area contributed by atoms with Gasteiger partial charge in [0.1, 0.15) is 4.88 Å². The van der Waals surface area contributed by atoms with Crippen LogP contribution in [0.25, 0.3) is 0 Å². The average Bonchev–Trinajstić information content (AvgIpc) is 2.66. The van der Waals surface area contributed by atoms with Crippen molar-refractivity contribution in [1.29, 1.82) is 0 Å². The second kappa shape index (κ2) is 5.70. The Morgan fingerprint density at radius 1 is 1.67 bits per heavy atom. The maximum absolute atomic E-state index is 11.3. The quantitative estimate of drug-likeness (QED) is 0.787. The van der Waals surface area contributed by atoms with Crippen molar-refractivity contribution in [3.63, 3.8) is 0 Å². The van der Waals surface area contributed by atoms with Crippen LogP contribution in [0, 0.1) is 0 Å². The molecule has 0 spiro atoms. The second-order valence-corrected chi connectivity index (χ2v) is 4.23. The molecule has 4 nitrogen and oxygen atoms in total. The minimum absolute atomic E-state index is 0.299. The summed E-state index contributed by atoms with van der Waals surface area (Å²) in [5.74, 6) is -0.299. The number of hydrogen-bond donors (Lipinski definition) is 1. The maximum atomic E-state index is 11.3. The Morgan fingerprint density at radius 3 is 3.00 bits per heavy atom. The van der Waals surface area contributed by atoms with Crippen LogP contribution in [0.5, 0.6) is 0 Å². The molecule has 1 N–H and O–H groups in total. The van der Waals surface area contributed by atoms with Crippen LogP contribution in [0.4, 0.5) is 5.13 Å². The lowest BCUT2D eigenvalue weighted by molar-refractivity contribution is 0.0532. The summed E-state index contributed by atoms with van der Waals surface area (Å²) in [5.41, 5.74) is 0. The number of thiazole rings is 1. The molecule has 1 aromatic heterocycles. The van der Waals surface area contributed by atoms with Gasteiger partial charge in [-0.2, -0.15) is 0 Å². The van der Waals surface area contributed by atoms with Gasteiger partial charge in [-0.25, -0.2) is 9.78 Å². The third-order valence-corrected chi connectivity index (χ3v) is 2.87. The molecular formula is C10H16N2O2S. The highest BCUT2D eigenvalue weighted by Gasteiger charge is 2.11. The van der Waals surface area contributed by atoms with E-state index in [4.69, 9.17) is 4.74 Å². The van der Waals surface area contributed by atoms with E-state index < -0.39 is 0 Å². The number of carbonyl (C=O) groups excluding carboxylic acids is 1. The molecule has 0 bridgehead atoms. The summed E-state index contributed by atoms with van der Waals surface area (Å²) < 4.78 is 4.88. The number of carbonyl (C=O) groups is 1. The van der Waals surface area contributed by atoms with E-state index in [0.29, 0.717) is 17.5 Å². The minimum atomic E-state index is -0.299. The highest BCUT2D eigenvalue weighted by Crippen LogP contribution is 2.19. The first-order valence-electron chi connectivity index (χ1n) is 5.06. The number of ether oxygens (including phenoxy) is 1. The molecule has 0 aliphatic rings. The third kappa shape index (κ3) is 3.51. The Labute approximate surface area is 93.7 Å². The predicted octanol–water partition coefficient (Wildman–Crippen LogP) is 2.53. The monoisotopic (exact) mass is 228 g/mol. The molecule has 1 heterocycles. The Balaban J connectivity index is 2.59. The highest BCUT2D eigenvalue weighted by atomic mass is 32.1. The number of esters is 1. The van der Waals surface area contributed by atoms with Gasteiger partial charge in [-0.3, -0.25) is 0 Å². The lowest BCUT2D eigenvalue weighted by atomic mass is 10.3. The second-order valence-electron chi connectivity index (χ2n) is 3.20. The first kappa shape index (κ1) is 12.0. The fourth-order valence-electron chi connectivity index (χ4n) is 0.950. The van der Waals surface area contributed by atoms with Crippen LogP contribution in [0.3, 0.4) is 0 Å². The van der Waals surface area contributed by atoms with Crippen molar-refractivity contribution >= 4 is 22.4 Å². The van der Waals surface area contributed by atoms with Gasteiger partial charge in [0.15, 0.2) is 5.13 Å². The van der Waals surface area contributed by atoms with E-state index in [-0.39, 0.29) is 5.97 Å². The number of anilines is 1. The van der Waals surface area contributed by atoms with Crippen LogP contribution in [-0.2, 0) is 4.74 Å². The SMILES string of the molecule is CCOC(=O)c1cnc(N[C@@H](C)CC)s1. The van der Waals surface area contributed by atoms with Gasteiger partial charge >= 0.3 is 5.97 Å². The van der Waals surface area contributed by atoms with Gasteiger partial charge in [-0.1, -0.05) is 18.3 Å². The van der Waals surface area contributed by atoms with Crippen LogP contribution in [0.2, 0.25) is 0 Å². The van der Waals surface area contributed by atoms with Crippen molar-refractivity contribution in [1.82, 2.24) is 4.98 Å². The molecule has 15 heavy (non-hydrogen) atoms. The summed E-state index contributed by atoms with van der Waals surface area (Å²) in [4.78, 5) is 16.0. The van der Waals surface area contributed by atoms with E-state index in [1.807, 2.05) is 0 Å². The molecule has 0 radical (unpaired) electrons. The molecule has 0 saturated carbocycles. The van der Waals surface area contributed by atoms with Gasteiger partial charge in [0, 0.05) is 6.04 Å². The number of rotatable bonds is 5. The van der Waals surface area contributed by atoms with Crippen molar-refractivity contribution in [2.24, 2.45) is 0 Å². The van der Waals surface area contributed by atoms with Crippen LogP contribution in [0.1, 0.15) is 36.9 Å². The van der Waals surface area contributed by atoms with E-state index in [9.17, 15) is 4.79 Å². The van der Waals surface area contributed by atoms with Crippen LogP contribution < -0.4 is 5.32 Å². The van der Waals surface area contributed by atoms with E-state index in [1.165, 1.54) is 11.3 Å². The van der Waals surface area contributed by atoms with E-state index in [0.717, 1.165) is 11.6 Å². The first-order chi connectivity index (χ1) is 7.17. The van der Waals surface area contributed by atoms with Crippen LogP contribution in [-0.4, -0.2) is 23.6 Å². The fraction of sp³-hybridized carbons (Fsp3) is 0.600. The standard InChI is InChI=1S/C10H16N2O2S/c1-4-7(3)12-10-11-6-8(15-10)9(13)14-5-2/h6-7H,4-5H2,1-3H3,(H,11,12)/t7-/m0/s1. The average molecular weight is 228 g/mol. The normalized spacial score (nSPS) is 12.2. The van der Waals surface area contributed by atoms with Gasteiger partial charge in [0.05, 0.1) is 12.8 Å². The summed E-state index contributed by atoms with van der Waals surface area (Å²) in [5, 5.41) is 3.98. The zero-order valence-corrected chi connectivity index (χ0v) is 10.1. The molecule has 0 amide bonds. The maximum Gasteiger partial charge on any atom is 0.350 e. The predicted molar refractivity (Wildman–Crippen MR) is 61.4 cm³/mol. The number of hydrogen-bond acceptors (Lipinski definition) is 5. The summed E-state index contributed by atoms with van der Waals surface area (Å²) >= 11 is 1.33. The molecule has 1 atom stereocenters. The first-order valence-corrected chi connectivity index (χ1v) is 5.88. The van der Waals surface area contributed by atoms with E-state index in [2.05, 4.69) is 24.1 Å². The van der Waals surface area contributed by atoms with E-state index >= 15 is 0 Å². The van der Waals surface area contributed by atoms with Gasteiger partial charge in [-0.05, 0) is 20.3 Å². The van der Waals surface area contributed by atoms with Crippen LogP contribution in [0.15, 0.2) is 6.20 Å². The lowest BCUT2D eigenvalue weighted by Crippen LogP contribution is -2.12. The van der Waals surface area contributed by atoms with Gasteiger partial charge in [-0.15, -0.1) is 0 Å². The van der Waals surface area contributed by atoms with Gasteiger partial charge < -0.3 is 10.1 Å². The number of aromatic nitrogens is 1. The largest absolute Gasteiger partial charge is 0.462 e. The number of nitrogens with one attached hydrogen (secondary N) is 1. The van der Waals surface area contributed by atoms with Gasteiger partial charge in [0.25, 0.3) is 0 Å². The minimum Gasteiger partial charge on any atom is -0.462 e. The Hall–Kier alpha value is -1.10. The van der Waals surface area contributed by atoms with Crippen molar-refractivity contribution in [3.8, 4) is 0 Å². The molecule has 0 aliphatic carbocycles. The fourth-order valence-corrected chi connectivity index (χ4v) is 1.77. The molecule has 0 unspecified atom stereocenters. The van der Waals surface area contributed by atoms with Crippen LogP contribution >= 0.6 is 11.3 Å².